The fourth-order valence-electron chi connectivity index (χ4n) is 2.69. The number of rotatable bonds is 5. The van der Waals surface area contributed by atoms with E-state index in [-0.39, 0.29) is 16.6 Å². The lowest BCUT2D eigenvalue weighted by Crippen LogP contribution is -2.27. The molecular formula is C19H14ClN3O5S. The van der Waals surface area contributed by atoms with Crippen molar-refractivity contribution in [1.82, 2.24) is 14.9 Å². The molecule has 0 radical (unpaired) electrons. The van der Waals surface area contributed by atoms with Gasteiger partial charge in [-0.3, -0.25) is 0 Å². The molecule has 0 saturated carbocycles. The van der Waals surface area contributed by atoms with Crippen molar-refractivity contribution in [2.75, 3.05) is 0 Å². The summed E-state index contributed by atoms with van der Waals surface area (Å²) in [5.74, 6) is 0.439. The maximum absolute atomic E-state index is 12.7. The molecule has 0 bridgehead atoms. The minimum atomic E-state index is -3.88. The molecule has 1 atom stereocenters. The lowest BCUT2D eigenvalue weighted by atomic mass is 10.2. The van der Waals surface area contributed by atoms with E-state index in [1.165, 1.54) is 30.3 Å². The molecule has 8 nitrogen and oxygen atoms in total. The second-order valence-corrected chi connectivity index (χ2v) is 8.41. The Kier molecular flexibility index (Phi) is 4.95. The second kappa shape index (κ2) is 7.43. The molecule has 0 amide bonds. The van der Waals surface area contributed by atoms with E-state index in [9.17, 15) is 13.2 Å². The Morgan fingerprint density at radius 2 is 1.83 bits per heavy atom. The first-order valence-corrected chi connectivity index (χ1v) is 10.3. The second-order valence-electron chi connectivity index (χ2n) is 6.26. The molecule has 2 aromatic heterocycles. The number of halogens is 1. The highest BCUT2D eigenvalue weighted by Gasteiger charge is 2.22. The molecule has 2 aromatic carbocycles. The van der Waals surface area contributed by atoms with Crippen molar-refractivity contribution >= 4 is 32.6 Å². The zero-order valence-electron chi connectivity index (χ0n) is 15.0. The van der Waals surface area contributed by atoms with Crippen molar-refractivity contribution in [2.24, 2.45) is 0 Å². The van der Waals surface area contributed by atoms with Gasteiger partial charge >= 0.3 is 5.63 Å². The summed E-state index contributed by atoms with van der Waals surface area (Å²) in [5, 5.41) is 4.92. The third-order valence-electron chi connectivity index (χ3n) is 4.15. The number of sulfonamides is 1. The average Bonchev–Trinajstić information content (AvgIpc) is 3.18. The summed E-state index contributed by atoms with van der Waals surface area (Å²) in [4.78, 5) is 15.5. The van der Waals surface area contributed by atoms with Gasteiger partial charge in [-0.15, -0.1) is 0 Å². The Morgan fingerprint density at radius 3 is 2.59 bits per heavy atom. The first-order chi connectivity index (χ1) is 13.8. The maximum atomic E-state index is 12.7. The molecule has 4 rings (SSSR count). The number of aromatic nitrogens is 2. The summed E-state index contributed by atoms with van der Waals surface area (Å²) < 4.78 is 38.2. The topological polar surface area (TPSA) is 115 Å². The van der Waals surface area contributed by atoms with Gasteiger partial charge in [-0.25, -0.2) is 17.9 Å². The van der Waals surface area contributed by atoms with E-state index in [0.717, 1.165) is 0 Å². The van der Waals surface area contributed by atoms with Crippen LogP contribution in [0.2, 0.25) is 5.02 Å². The van der Waals surface area contributed by atoms with Gasteiger partial charge in [-0.2, -0.15) is 4.98 Å². The van der Waals surface area contributed by atoms with Crippen LogP contribution < -0.4 is 10.3 Å². The third-order valence-corrected chi connectivity index (χ3v) is 5.94. The zero-order valence-corrected chi connectivity index (χ0v) is 16.6. The molecule has 1 unspecified atom stereocenters. The number of benzene rings is 2. The van der Waals surface area contributed by atoms with Crippen LogP contribution in [0.3, 0.4) is 0 Å². The lowest BCUT2D eigenvalue weighted by molar-refractivity contribution is 0.415. The molecule has 0 aliphatic heterocycles. The normalized spacial score (nSPS) is 12.9. The highest BCUT2D eigenvalue weighted by Crippen LogP contribution is 2.23. The van der Waals surface area contributed by atoms with Crippen molar-refractivity contribution in [3.63, 3.8) is 0 Å². The summed E-state index contributed by atoms with van der Waals surface area (Å²) in [5.41, 5.74) is 0.461. The molecule has 1 N–H and O–H groups in total. The molecule has 148 valence electrons. The van der Waals surface area contributed by atoms with E-state index in [0.29, 0.717) is 21.6 Å². The van der Waals surface area contributed by atoms with Gasteiger partial charge in [0, 0.05) is 22.0 Å². The van der Waals surface area contributed by atoms with Crippen molar-refractivity contribution in [1.29, 1.82) is 0 Å². The van der Waals surface area contributed by atoms with Crippen LogP contribution in [0.4, 0.5) is 0 Å². The van der Waals surface area contributed by atoms with Crippen molar-refractivity contribution in [3.8, 4) is 11.5 Å². The van der Waals surface area contributed by atoms with E-state index >= 15 is 0 Å². The molecule has 0 saturated heterocycles. The lowest BCUT2D eigenvalue weighted by Gasteiger charge is -2.11. The summed E-state index contributed by atoms with van der Waals surface area (Å²) >= 11 is 5.87. The Labute approximate surface area is 170 Å². The maximum Gasteiger partial charge on any atom is 0.336 e. The minimum absolute atomic E-state index is 0.0205. The van der Waals surface area contributed by atoms with Gasteiger partial charge in [0.25, 0.3) is 5.89 Å². The number of hydrogen-bond acceptors (Lipinski definition) is 7. The molecule has 0 aliphatic carbocycles. The molecule has 0 aliphatic rings. The van der Waals surface area contributed by atoms with Gasteiger partial charge in [-0.05, 0) is 55.5 Å². The van der Waals surface area contributed by atoms with E-state index in [4.69, 9.17) is 20.5 Å². The van der Waals surface area contributed by atoms with E-state index < -0.39 is 21.7 Å². The third kappa shape index (κ3) is 4.07. The first-order valence-electron chi connectivity index (χ1n) is 8.48. The van der Waals surface area contributed by atoms with Gasteiger partial charge in [0.1, 0.15) is 5.58 Å². The number of hydrogen-bond donors (Lipinski definition) is 1. The largest absolute Gasteiger partial charge is 0.423 e. The Bertz CT molecular complexity index is 1350. The predicted octanol–water partition coefficient (Wildman–Crippen LogP) is 3.54. The summed E-state index contributed by atoms with van der Waals surface area (Å²) in [6.45, 7) is 1.61. The standard InChI is InChI=1S/C19H14ClN3O5S/c1-11(18-21-19(28-22-18)12-2-5-14(20)6-3-12)23-29(25,26)15-7-8-16-13(10-15)4-9-17(24)27-16/h2-11,23H,1H3. The summed E-state index contributed by atoms with van der Waals surface area (Å²) in [6.07, 6.45) is 0. The Morgan fingerprint density at radius 1 is 1.07 bits per heavy atom. The van der Waals surface area contributed by atoms with Crippen molar-refractivity contribution in [3.05, 3.63) is 75.9 Å². The molecule has 2 heterocycles. The van der Waals surface area contributed by atoms with Gasteiger partial charge in [0.15, 0.2) is 5.82 Å². The number of nitrogens with one attached hydrogen (secondary N) is 1. The molecule has 0 spiro atoms. The molecule has 0 fully saturated rings. The molecule has 4 aromatic rings. The molecule has 29 heavy (non-hydrogen) atoms. The monoisotopic (exact) mass is 431 g/mol. The number of fused-ring (bicyclic) bond motifs is 1. The summed E-state index contributed by atoms with van der Waals surface area (Å²) in [6, 6.07) is 13.0. The quantitative estimate of drug-likeness (QED) is 0.480. The van der Waals surface area contributed by atoms with E-state index in [1.807, 2.05) is 0 Å². The minimum Gasteiger partial charge on any atom is -0.423 e. The molecular weight excluding hydrogens is 418 g/mol. The van der Waals surface area contributed by atoms with Crippen LogP contribution in [0, 0.1) is 0 Å². The highest BCUT2D eigenvalue weighted by atomic mass is 35.5. The van der Waals surface area contributed by atoms with Crippen LogP contribution >= 0.6 is 11.6 Å². The van der Waals surface area contributed by atoms with Crippen LogP contribution in [0.1, 0.15) is 18.8 Å². The average molecular weight is 432 g/mol. The molecule has 10 heteroatoms. The number of nitrogens with zero attached hydrogens (tertiary/aromatic N) is 2. The van der Waals surface area contributed by atoms with Gasteiger partial charge in [0.05, 0.1) is 10.9 Å². The van der Waals surface area contributed by atoms with Gasteiger partial charge < -0.3 is 8.94 Å². The van der Waals surface area contributed by atoms with E-state index in [1.54, 1.807) is 31.2 Å². The van der Waals surface area contributed by atoms with Crippen LogP contribution in [0.15, 0.2) is 73.2 Å². The predicted molar refractivity (Wildman–Crippen MR) is 106 cm³/mol. The summed E-state index contributed by atoms with van der Waals surface area (Å²) in [7, 11) is -3.88. The van der Waals surface area contributed by atoms with Crippen LogP contribution in [0.25, 0.3) is 22.4 Å². The fourth-order valence-corrected chi connectivity index (χ4v) is 4.05. The smallest absolute Gasteiger partial charge is 0.336 e. The zero-order chi connectivity index (χ0) is 20.6. The Hall–Kier alpha value is -3.01. The van der Waals surface area contributed by atoms with Gasteiger partial charge in [-0.1, -0.05) is 16.8 Å². The van der Waals surface area contributed by atoms with Crippen molar-refractivity contribution < 1.29 is 17.4 Å². The first kappa shape index (κ1) is 19.3. The SMILES string of the molecule is CC(NS(=O)(=O)c1ccc2oc(=O)ccc2c1)c1noc(-c2ccc(Cl)cc2)n1. The van der Waals surface area contributed by atoms with Gasteiger partial charge in [0.2, 0.25) is 10.0 Å². The van der Waals surface area contributed by atoms with Crippen LogP contribution in [-0.4, -0.2) is 18.6 Å². The Balaban J connectivity index is 1.57. The van der Waals surface area contributed by atoms with E-state index in [2.05, 4.69) is 14.9 Å². The fraction of sp³-hybridized carbons (Fsp3) is 0.105. The van der Waals surface area contributed by atoms with Crippen LogP contribution in [-0.2, 0) is 10.0 Å². The highest BCUT2D eigenvalue weighted by molar-refractivity contribution is 7.89. The van der Waals surface area contributed by atoms with Crippen molar-refractivity contribution in [2.45, 2.75) is 17.9 Å². The van der Waals surface area contributed by atoms with Crippen LogP contribution in [0.5, 0.6) is 0 Å².